The van der Waals surface area contributed by atoms with Crippen molar-refractivity contribution in [2.24, 2.45) is 5.92 Å². The molecule has 0 spiro atoms. The van der Waals surface area contributed by atoms with Gasteiger partial charge in [-0.2, -0.15) is 0 Å². The van der Waals surface area contributed by atoms with E-state index in [1.54, 1.807) is 24.3 Å². The van der Waals surface area contributed by atoms with Gasteiger partial charge < -0.3 is 14.4 Å². The second-order valence-electron chi connectivity index (χ2n) is 6.45. The molecular weight excluding hydrogens is 380 g/mol. The Morgan fingerprint density at radius 1 is 1.21 bits per heavy atom. The van der Waals surface area contributed by atoms with Crippen LogP contribution in [0.4, 0.5) is 11.4 Å². The van der Waals surface area contributed by atoms with E-state index in [9.17, 15) is 24.5 Å². The lowest BCUT2D eigenvalue weighted by Gasteiger charge is -2.17. The van der Waals surface area contributed by atoms with E-state index in [2.05, 4.69) is 0 Å². The molecule has 0 bridgehead atoms. The number of benzene rings is 2. The maximum atomic E-state index is 12.3. The smallest absolute Gasteiger partial charge is 0.311 e. The molecule has 1 amide bonds. The summed E-state index contributed by atoms with van der Waals surface area (Å²) >= 11 is 0. The second kappa shape index (κ2) is 8.51. The van der Waals surface area contributed by atoms with Gasteiger partial charge in [0.15, 0.2) is 6.61 Å². The molecule has 2 aromatic carbocycles. The lowest BCUT2D eigenvalue weighted by molar-refractivity contribution is -0.384. The number of nitro groups is 1. The molecule has 29 heavy (non-hydrogen) atoms. The van der Waals surface area contributed by atoms with Gasteiger partial charge in [0, 0.05) is 42.4 Å². The molecule has 1 aliphatic rings. The fraction of sp³-hybridized carbons (Fsp3) is 0.250. The minimum absolute atomic E-state index is 0.0267. The molecule has 9 heteroatoms. The van der Waals surface area contributed by atoms with Crippen LogP contribution < -0.4 is 9.64 Å². The first-order chi connectivity index (χ1) is 13.9. The third kappa shape index (κ3) is 4.57. The zero-order valence-corrected chi connectivity index (χ0v) is 15.6. The number of nitro benzene ring substituents is 1. The largest absolute Gasteiger partial charge is 0.497 e. The van der Waals surface area contributed by atoms with Gasteiger partial charge in [0.1, 0.15) is 5.75 Å². The summed E-state index contributed by atoms with van der Waals surface area (Å²) in [5.74, 6) is -1.57. The van der Waals surface area contributed by atoms with Crippen LogP contribution in [0, 0.1) is 16.0 Å². The number of hydrogen-bond donors (Lipinski definition) is 0. The highest BCUT2D eigenvalue weighted by Crippen LogP contribution is 2.28. The lowest BCUT2D eigenvalue weighted by Crippen LogP contribution is -2.27. The molecule has 0 N–H and O–H groups in total. The Balaban J connectivity index is 1.60. The second-order valence-corrected chi connectivity index (χ2v) is 6.45. The topological polar surface area (TPSA) is 116 Å². The van der Waals surface area contributed by atoms with Gasteiger partial charge in [-0.05, 0) is 12.1 Å². The van der Waals surface area contributed by atoms with Crippen LogP contribution in [0.2, 0.25) is 0 Å². The molecule has 1 atom stereocenters. The number of rotatable bonds is 7. The molecule has 1 fully saturated rings. The molecule has 1 aliphatic heterocycles. The van der Waals surface area contributed by atoms with Crippen molar-refractivity contribution in [3.8, 4) is 5.75 Å². The molecule has 150 valence electrons. The number of carbonyl (C=O) groups is 3. The Bertz CT molecular complexity index is 973. The molecular formula is C20H18N2O7. The van der Waals surface area contributed by atoms with Gasteiger partial charge >= 0.3 is 5.97 Å². The molecule has 0 unspecified atom stereocenters. The van der Waals surface area contributed by atoms with Crippen LogP contribution in [0.25, 0.3) is 0 Å². The van der Waals surface area contributed by atoms with E-state index < -0.39 is 29.2 Å². The van der Waals surface area contributed by atoms with Crippen LogP contribution in [0.5, 0.6) is 5.75 Å². The minimum atomic E-state index is -0.702. The number of esters is 1. The monoisotopic (exact) mass is 398 g/mol. The number of ketones is 1. The average molecular weight is 398 g/mol. The van der Waals surface area contributed by atoms with Crippen molar-refractivity contribution in [2.45, 2.75) is 6.42 Å². The van der Waals surface area contributed by atoms with Gasteiger partial charge in [0.2, 0.25) is 11.7 Å². The Morgan fingerprint density at radius 2 is 1.97 bits per heavy atom. The summed E-state index contributed by atoms with van der Waals surface area (Å²) in [6.07, 6.45) is -0.0267. The molecule has 0 aliphatic carbocycles. The number of Topliss-reactive ketones (excluding diaryl/α,β-unsaturated/α-hetero) is 1. The van der Waals surface area contributed by atoms with Gasteiger partial charge in [-0.1, -0.05) is 18.2 Å². The van der Waals surface area contributed by atoms with Crippen LogP contribution in [0.15, 0.2) is 48.5 Å². The normalized spacial score (nSPS) is 15.8. The number of carbonyl (C=O) groups excluding carboxylic acids is 3. The van der Waals surface area contributed by atoms with E-state index in [-0.39, 0.29) is 30.1 Å². The van der Waals surface area contributed by atoms with Crippen molar-refractivity contribution < 1.29 is 28.8 Å². The number of non-ortho nitro benzene ring substituents is 1. The third-order valence-corrected chi connectivity index (χ3v) is 4.55. The van der Waals surface area contributed by atoms with Gasteiger partial charge in [-0.3, -0.25) is 24.5 Å². The number of ether oxygens (including phenoxy) is 2. The highest BCUT2D eigenvalue weighted by Gasteiger charge is 2.36. The standard InChI is InChI=1S/C20H18N2O7/c1-28-17-7-3-5-15(10-17)21-11-14(9-19(21)24)20(25)29-12-18(23)13-4-2-6-16(8-13)22(26)27/h2-8,10,14H,9,11-12H2,1H3/t14-/m0/s1. The van der Waals surface area contributed by atoms with Crippen LogP contribution >= 0.6 is 0 Å². The van der Waals surface area contributed by atoms with Gasteiger partial charge in [0.05, 0.1) is 18.0 Å². The van der Waals surface area contributed by atoms with E-state index >= 15 is 0 Å². The maximum Gasteiger partial charge on any atom is 0.311 e. The Hall–Kier alpha value is -3.75. The minimum Gasteiger partial charge on any atom is -0.497 e. The molecule has 3 rings (SSSR count). The maximum absolute atomic E-state index is 12.3. The summed E-state index contributed by atoms with van der Waals surface area (Å²) in [6.45, 7) is -0.417. The number of methoxy groups -OCH3 is 1. The summed E-state index contributed by atoms with van der Waals surface area (Å²) in [4.78, 5) is 48.4. The Kier molecular flexibility index (Phi) is 5.87. The molecule has 9 nitrogen and oxygen atoms in total. The lowest BCUT2D eigenvalue weighted by atomic mass is 10.1. The first-order valence-electron chi connectivity index (χ1n) is 8.77. The summed E-state index contributed by atoms with van der Waals surface area (Å²) in [7, 11) is 1.52. The van der Waals surface area contributed by atoms with Gasteiger partial charge in [0.25, 0.3) is 5.69 Å². The quantitative estimate of drug-likeness (QED) is 0.304. The SMILES string of the molecule is COc1cccc(N2C[C@@H](C(=O)OCC(=O)c3cccc([N+](=O)[O-])c3)CC2=O)c1. The predicted molar refractivity (Wildman–Crippen MR) is 102 cm³/mol. The van der Waals surface area contributed by atoms with Crippen molar-refractivity contribution in [1.82, 2.24) is 0 Å². The van der Waals surface area contributed by atoms with Gasteiger partial charge in [-0.25, -0.2) is 0 Å². The van der Waals surface area contributed by atoms with Crippen LogP contribution in [-0.4, -0.2) is 42.8 Å². The average Bonchev–Trinajstić information content (AvgIpc) is 3.13. The summed E-state index contributed by atoms with van der Waals surface area (Å²) < 4.78 is 10.2. The van der Waals surface area contributed by atoms with E-state index in [4.69, 9.17) is 9.47 Å². The highest BCUT2D eigenvalue weighted by molar-refractivity contribution is 6.01. The fourth-order valence-corrected chi connectivity index (χ4v) is 3.02. The van der Waals surface area contributed by atoms with E-state index in [1.165, 1.54) is 30.2 Å². The van der Waals surface area contributed by atoms with Crippen LogP contribution in [-0.2, 0) is 14.3 Å². The van der Waals surface area contributed by atoms with Crippen molar-refractivity contribution >= 4 is 29.0 Å². The number of amides is 1. The van der Waals surface area contributed by atoms with E-state index in [1.807, 2.05) is 0 Å². The molecule has 0 radical (unpaired) electrons. The summed E-state index contributed by atoms with van der Waals surface area (Å²) in [5, 5.41) is 10.8. The van der Waals surface area contributed by atoms with E-state index in [0.717, 1.165) is 6.07 Å². The number of hydrogen-bond acceptors (Lipinski definition) is 7. The Morgan fingerprint density at radius 3 is 2.69 bits per heavy atom. The molecule has 2 aromatic rings. The summed E-state index contributed by atoms with van der Waals surface area (Å²) in [6, 6.07) is 12.1. The number of anilines is 1. The van der Waals surface area contributed by atoms with Crippen molar-refractivity contribution in [1.29, 1.82) is 0 Å². The highest BCUT2D eigenvalue weighted by atomic mass is 16.6. The first-order valence-corrected chi connectivity index (χ1v) is 8.77. The fourth-order valence-electron chi connectivity index (χ4n) is 3.02. The predicted octanol–water partition coefficient (Wildman–Crippen LogP) is 2.38. The van der Waals surface area contributed by atoms with Gasteiger partial charge in [-0.15, -0.1) is 0 Å². The molecule has 0 aromatic heterocycles. The zero-order chi connectivity index (χ0) is 21.0. The summed E-state index contributed by atoms with van der Waals surface area (Å²) in [5.41, 5.74) is 0.460. The first kappa shape index (κ1) is 20.0. The van der Waals surface area contributed by atoms with Crippen molar-refractivity contribution in [2.75, 3.05) is 25.2 Å². The molecule has 1 saturated heterocycles. The number of nitrogens with zero attached hydrogens (tertiary/aromatic N) is 2. The Labute approximate surface area is 166 Å². The zero-order valence-electron chi connectivity index (χ0n) is 15.6. The molecule has 1 heterocycles. The van der Waals surface area contributed by atoms with Crippen LogP contribution in [0.1, 0.15) is 16.8 Å². The molecule has 0 saturated carbocycles. The van der Waals surface area contributed by atoms with Crippen molar-refractivity contribution in [3.63, 3.8) is 0 Å². The van der Waals surface area contributed by atoms with E-state index in [0.29, 0.717) is 11.4 Å². The van der Waals surface area contributed by atoms with Crippen LogP contribution in [0.3, 0.4) is 0 Å². The van der Waals surface area contributed by atoms with Crippen molar-refractivity contribution in [3.05, 3.63) is 64.2 Å². The third-order valence-electron chi connectivity index (χ3n) is 4.55.